The summed E-state index contributed by atoms with van der Waals surface area (Å²) >= 11 is 0. The average molecular weight is 280 g/mol. The highest BCUT2D eigenvalue weighted by atomic mass is 16.2. The van der Waals surface area contributed by atoms with Crippen molar-refractivity contribution >= 4 is 5.91 Å². The molecule has 0 atom stereocenters. The van der Waals surface area contributed by atoms with Crippen molar-refractivity contribution < 1.29 is 4.79 Å². The van der Waals surface area contributed by atoms with Crippen molar-refractivity contribution in [3.63, 3.8) is 0 Å². The third-order valence-electron chi connectivity index (χ3n) is 4.24. The third-order valence-corrected chi connectivity index (χ3v) is 4.24. The highest BCUT2D eigenvalue weighted by molar-refractivity contribution is 5.87. The maximum absolute atomic E-state index is 12.0. The zero-order chi connectivity index (χ0) is 14.8. The van der Waals surface area contributed by atoms with Crippen LogP contribution in [0, 0.1) is 0 Å². The van der Waals surface area contributed by atoms with Gasteiger partial charge in [0.15, 0.2) is 0 Å². The van der Waals surface area contributed by atoms with E-state index in [0.717, 1.165) is 32.4 Å². The summed E-state index contributed by atoms with van der Waals surface area (Å²) in [5.41, 5.74) is 0. The van der Waals surface area contributed by atoms with E-state index in [2.05, 4.69) is 32.0 Å². The Bertz CT molecular complexity index is 291. The van der Waals surface area contributed by atoms with Crippen LogP contribution < -0.4 is 0 Å². The number of amides is 1. The number of piperidine rings is 1. The monoisotopic (exact) mass is 280 g/mol. The second kappa shape index (κ2) is 9.98. The number of hydrogen-bond donors (Lipinski definition) is 0. The molecule has 0 aromatic heterocycles. The minimum Gasteiger partial charge on any atom is -0.339 e. The molecule has 0 bridgehead atoms. The fourth-order valence-corrected chi connectivity index (χ4v) is 2.76. The summed E-state index contributed by atoms with van der Waals surface area (Å²) in [6.45, 7) is 4.04. The SMILES string of the molecule is CCCCCCCC=CC(=O)N1CCC(N(C)C)CC1. The van der Waals surface area contributed by atoms with Crippen molar-refractivity contribution in [1.29, 1.82) is 0 Å². The molecular weight excluding hydrogens is 248 g/mol. The van der Waals surface area contributed by atoms with E-state index in [1.807, 2.05) is 4.90 Å². The summed E-state index contributed by atoms with van der Waals surface area (Å²) in [6.07, 6.45) is 13.6. The molecule has 1 heterocycles. The number of hydrogen-bond acceptors (Lipinski definition) is 2. The fourth-order valence-electron chi connectivity index (χ4n) is 2.76. The highest BCUT2D eigenvalue weighted by Gasteiger charge is 2.22. The summed E-state index contributed by atoms with van der Waals surface area (Å²) < 4.78 is 0. The first kappa shape index (κ1) is 17.2. The molecule has 116 valence electrons. The van der Waals surface area contributed by atoms with Crippen LogP contribution in [-0.4, -0.2) is 48.9 Å². The molecule has 3 heteroatoms. The number of allylic oxidation sites excluding steroid dienone is 1. The normalized spacial score (nSPS) is 17.3. The summed E-state index contributed by atoms with van der Waals surface area (Å²) in [4.78, 5) is 16.3. The van der Waals surface area contributed by atoms with Crippen LogP contribution in [0.5, 0.6) is 0 Å². The van der Waals surface area contributed by atoms with E-state index in [0.29, 0.717) is 6.04 Å². The Hall–Kier alpha value is -0.830. The van der Waals surface area contributed by atoms with Crippen LogP contribution in [0.4, 0.5) is 0 Å². The molecule has 1 aliphatic heterocycles. The van der Waals surface area contributed by atoms with Gasteiger partial charge < -0.3 is 9.80 Å². The van der Waals surface area contributed by atoms with Crippen LogP contribution >= 0.6 is 0 Å². The molecule has 1 rings (SSSR count). The molecule has 0 aromatic rings. The molecule has 0 aliphatic carbocycles. The first-order valence-electron chi connectivity index (χ1n) is 8.27. The van der Waals surface area contributed by atoms with Gasteiger partial charge in [0.2, 0.25) is 5.91 Å². The number of carbonyl (C=O) groups excluding carboxylic acids is 1. The van der Waals surface area contributed by atoms with Gasteiger partial charge in [0.05, 0.1) is 0 Å². The van der Waals surface area contributed by atoms with Crippen LogP contribution in [0.1, 0.15) is 58.3 Å². The lowest BCUT2D eigenvalue weighted by atomic mass is 10.0. The van der Waals surface area contributed by atoms with Gasteiger partial charge in [0, 0.05) is 19.1 Å². The van der Waals surface area contributed by atoms with Gasteiger partial charge in [-0.2, -0.15) is 0 Å². The third kappa shape index (κ3) is 6.56. The molecule has 0 aromatic carbocycles. The molecule has 0 spiro atoms. The molecule has 0 saturated carbocycles. The zero-order valence-corrected chi connectivity index (χ0v) is 13.6. The van der Waals surface area contributed by atoms with Gasteiger partial charge in [-0.25, -0.2) is 0 Å². The number of likely N-dealkylation sites (tertiary alicyclic amines) is 1. The van der Waals surface area contributed by atoms with E-state index in [4.69, 9.17) is 0 Å². The first-order valence-corrected chi connectivity index (χ1v) is 8.27. The second-order valence-corrected chi connectivity index (χ2v) is 6.13. The molecule has 20 heavy (non-hydrogen) atoms. The highest BCUT2D eigenvalue weighted by Crippen LogP contribution is 2.14. The van der Waals surface area contributed by atoms with Crippen LogP contribution in [0.2, 0.25) is 0 Å². The van der Waals surface area contributed by atoms with Gasteiger partial charge >= 0.3 is 0 Å². The predicted octanol–water partition coefficient (Wildman–Crippen LogP) is 3.46. The summed E-state index contributed by atoms with van der Waals surface area (Å²) in [5.74, 6) is 0.204. The van der Waals surface area contributed by atoms with Gasteiger partial charge in [-0.1, -0.05) is 38.7 Å². The van der Waals surface area contributed by atoms with E-state index < -0.39 is 0 Å². The molecule has 0 N–H and O–H groups in total. The van der Waals surface area contributed by atoms with E-state index in [-0.39, 0.29) is 5.91 Å². The van der Waals surface area contributed by atoms with E-state index in [1.54, 1.807) is 6.08 Å². The van der Waals surface area contributed by atoms with Gasteiger partial charge in [-0.05, 0) is 45.9 Å². The lowest BCUT2D eigenvalue weighted by Gasteiger charge is -2.34. The Kier molecular flexibility index (Phi) is 8.59. The van der Waals surface area contributed by atoms with Gasteiger partial charge in [-0.3, -0.25) is 4.79 Å². The van der Waals surface area contributed by atoms with Crippen molar-refractivity contribution in [2.45, 2.75) is 64.3 Å². The van der Waals surface area contributed by atoms with Crippen molar-refractivity contribution in [3.8, 4) is 0 Å². The van der Waals surface area contributed by atoms with Crippen LogP contribution in [-0.2, 0) is 4.79 Å². The van der Waals surface area contributed by atoms with E-state index in [9.17, 15) is 4.79 Å². The Labute approximate surface area is 125 Å². The van der Waals surface area contributed by atoms with Gasteiger partial charge in [0.25, 0.3) is 0 Å². The van der Waals surface area contributed by atoms with Crippen molar-refractivity contribution in [2.75, 3.05) is 27.2 Å². The van der Waals surface area contributed by atoms with Crippen molar-refractivity contribution in [2.24, 2.45) is 0 Å². The Morgan fingerprint density at radius 3 is 2.40 bits per heavy atom. The number of unbranched alkanes of at least 4 members (excludes halogenated alkanes) is 5. The maximum Gasteiger partial charge on any atom is 0.246 e. The zero-order valence-electron chi connectivity index (χ0n) is 13.6. The molecule has 0 unspecified atom stereocenters. The maximum atomic E-state index is 12.0. The largest absolute Gasteiger partial charge is 0.339 e. The van der Waals surface area contributed by atoms with Gasteiger partial charge in [0.1, 0.15) is 0 Å². The van der Waals surface area contributed by atoms with Crippen molar-refractivity contribution in [3.05, 3.63) is 12.2 Å². The summed E-state index contributed by atoms with van der Waals surface area (Å²) in [7, 11) is 4.25. The Morgan fingerprint density at radius 2 is 1.80 bits per heavy atom. The van der Waals surface area contributed by atoms with E-state index >= 15 is 0 Å². The minimum absolute atomic E-state index is 0.204. The molecule has 1 saturated heterocycles. The lowest BCUT2D eigenvalue weighted by Crippen LogP contribution is -2.43. The van der Waals surface area contributed by atoms with Gasteiger partial charge in [-0.15, -0.1) is 0 Å². The van der Waals surface area contributed by atoms with Crippen LogP contribution in [0.15, 0.2) is 12.2 Å². The van der Waals surface area contributed by atoms with Crippen LogP contribution in [0.3, 0.4) is 0 Å². The average Bonchev–Trinajstić information content (AvgIpc) is 2.46. The van der Waals surface area contributed by atoms with E-state index in [1.165, 1.54) is 32.1 Å². The first-order chi connectivity index (χ1) is 9.65. The molecule has 3 nitrogen and oxygen atoms in total. The number of carbonyl (C=O) groups is 1. The molecule has 1 fully saturated rings. The number of nitrogens with zero attached hydrogens (tertiary/aromatic N) is 2. The molecule has 1 aliphatic rings. The summed E-state index contributed by atoms with van der Waals surface area (Å²) in [5, 5.41) is 0. The quantitative estimate of drug-likeness (QED) is 0.502. The Balaban J connectivity index is 2.13. The molecule has 0 radical (unpaired) electrons. The fraction of sp³-hybridized carbons (Fsp3) is 0.824. The minimum atomic E-state index is 0.204. The smallest absolute Gasteiger partial charge is 0.246 e. The van der Waals surface area contributed by atoms with Crippen molar-refractivity contribution in [1.82, 2.24) is 9.80 Å². The molecular formula is C17H32N2O. The second-order valence-electron chi connectivity index (χ2n) is 6.13. The number of rotatable bonds is 8. The topological polar surface area (TPSA) is 23.6 Å². The predicted molar refractivity (Wildman–Crippen MR) is 85.8 cm³/mol. The van der Waals surface area contributed by atoms with Crippen LogP contribution in [0.25, 0.3) is 0 Å². The standard InChI is InChI=1S/C17H32N2O/c1-4-5-6-7-8-9-10-11-17(20)19-14-12-16(13-15-19)18(2)3/h10-11,16H,4-9,12-15H2,1-3H3. The lowest BCUT2D eigenvalue weighted by molar-refractivity contribution is -0.127. The summed E-state index contributed by atoms with van der Waals surface area (Å²) in [6, 6.07) is 0.640. The Morgan fingerprint density at radius 1 is 1.15 bits per heavy atom. The molecule has 1 amide bonds.